The lowest BCUT2D eigenvalue weighted by Crippen LogP contribution is -2.48. The van der Waals surface area contributed by atoms with E-state index >= 15 is 0 Å². The van der Waals surface area contributed by atoms with Crippen LogP contribution in [-0.4, -0.2) is 68.8 Å². The smallest absolute Gasteiger partial charge is 0.257 e. The first kappa shape index (κ1) is 28.7. The number of piperazine rings is 1. The average molecular weight is 563 g/mol. The molecule has 0 aromatic heterocycles. The number of thiocarbonyl (C=S) groups is 1. The summed E-state index contributed by atoms with van der Waals surface area (Å²) >= 11 is 5.34. The van der Waals surface area contributed by atoms with Gasteiger partial charge in [-0.3, -0.25) is 14.9 Å². The monoisotopic (exact) mass is 562 g/mol. The van der Waals surface area contributed by atoms with Crippen molar-refractivity contribution in [3.05, 3.63) is 77.9 Å². The number of rotatable bonds is 9. The first-order valence-corrected chi connectivity index (χ1v) is 13.5. The number of anilines is 2. The van der Waals surface area contributed by atoms with Crippen LogP contribution < -0.4 is 29.7 Å². The third kappa shape index (κ3) is 7.41. The second-order valence-electron chi connectivity index (χ2n) is 9.21. The minimum absolute atomic E-state index is 0.0489. The molecule has 1 saturated heterocycles. The standard InChI is InChI=1S/C30H34N4O5S/c1-4-16-39-25-7-5-6-21(17-25)28(35)32-30(40)31-23-8-10-24(11-9-23)33-12-14-34(15-13-33)29(36)22-18-26(37-2)20-27(19-22)38-3/h5-11,17-20H,4,12-16H2,1-3H3,(H2,31,32,35,40). The average Bonchev–Trinajstić information content (AvgIpc) is 2.99. The van der Waals surface area contributed by atoms with E-state index in [1.54, 1.807) is 50.6 Å². The molecule has 0 saturated carbocycles. The highest BCUT2D eigenvalue weighted by Crippen LogP contribution is 2.25. The summed E-state index contributed by atoms with van der Waals surface area (Å²) in [6.07, 6.45) is 0.888. The van der Waals surface area contributed by atoms with Gasteiger partial charge in [0.25, 0.3) is 11.8 Å². The van der Waals surface area contributed by atoms with E-state index in [-0.39, 0.29) is 16.9 Å². The lowest BCUT2D eigenvalue weighted by molar-refractivity contribution is 0.0745. The predicted molar refractivity (Wildman–Crippen MR) is 160 cm³/mol. The van der Waals surface area contributed by atoms with Gasteiger partial charge in [-0.2, -0.15) is 0 Å². The third-order valence-electron chi connectivity index (χ3n) is 6.45. The maximum atomic E-state index is 13.1. The van der Waals surface area contributed by atoms with Gasteiger partial charge in [-0.05, 0) is 73.2 Å². The zero-order chi connectivity index (χ0) is 28.5. The Labute approximate surface area is 240 Å². The van der Waals surface area contributed by atoms with Crippen LogP contribution in [-0.2, 0) is 0 Å². The lowest BCUT2D eigenvalue weighted by Gasteiger charge is -2.36. The van der Waals surface area contributed by atoms with Crippen LogP contribution in [0.25, 0.3) is 0 Å². The number of benzene rings is 3. The summed E-state index contributed by atoms with van der Waals surface area (Å²) in [5.74, 6) is 1.46. The van der Waals surface area contributed by atoms with Crippen LogP contribution in [0.3, 0.4) is 0 Å². The first-order valence-electron chi connectivity index (χ1n) is 13.1. The summed E-state index contributed by atoms with van der Waals surface area (Å²) in [7, 11) is 3.13. The first-order chi connectivity index (χ1) is 19.4. The van der Waals surface area contributed by atoms with Crippen LogP contribution in [0.1, 0.15) is 34.1 Å². The zero-order valence-corrected chi connectivity index (χ0v) is 23.8. The molecule has 4 rings (SSSR count). The second-order valence-corrected chi connectivity index (χ2v) is 9.62. The molecule has 0 bridgehead atoms. The minimum atomic E-state index is -0.309. The molecule has 0 spiro atoms. The van der Waals surface area contributed by atoms with E-state index in [9.17, 15) is 9.59 Å². The number of hydrogen-bond acceptors (Lipinski definition) is 7. The molecule has 210 valence electrons. The van der Waals surface area contributed by atoms with Crippen molar-refractivity contribution < 1.29 is 23.8 Å². The highest BCUT2D eigenvalue weighted by atomic mass is 32.1. The van der Waals surface area contributed by atoms with Gasteiger partial charge in [-0.1, -0.05) is 13.0 Å². The van der Waals surface area contributed by atoms with Crippen LogP contribution in [0.2, 0.25) is 0 Å². The largest absolute Gasteiger partial charge is 0.497 e. The molecule has 10 heteroatoms. The molecule has 0 atom stereocenters. The van der Waals surface area contributed by atoms with Gasteiger partial charge in [0.05, 0.1) is 20.8 Å². The van der Waals surface area contributed by atoms with E-state index in [0.29, 0.717) is 61.2 Å². The Morgan fingerprint density at radius 3 is 2.12 bits per heavy atom. The van der Waals surface area contributed by atoms with E-state index in [4.69, 9.17) is 26.4 Å². The Morgan fingerprint density at radius 2 is 1.50 bits per heavy atom. The fourth-order valence-electron chi connectivity index (χ4n) is 4.32. The van der Waals surface area contributed by atoms with Crippen LogP contribution in [0.5, 0.6) is 17.2 Å². The number of nitrogens with one attached hydrogen (secondary N) is 2. The van der Waals surface area contributed by atoms with Gasteiger partial charge in [-0.15, -0.1) is 0 Å². The molecule has 1 aliphatic rings. The van der Waals surface area contributed by atoms with Gasteiger partial charge in [0.1, 0.15) is 17.2 Å². The highest BCUT2D eigenvalue weighted by molar-refractivity contribution is 7.80. The Bertz CT molecular complexity index is 1320. The molecule has 0 unspecified atom stereocenters. The van der Waals surface area contributed by atoms with Crippen molar-refractivity contribution in [1.29, 1.82) is 0 Å². The molecule has 3 aromatic rings. The fourth-order valence-corrected chi connectivity index (χ4v) is 4.53. The van der Waals surface area contributed by atoms with Gasteiger partial charge in [0, 0.05) is 54.7 Å². The maximum Gasteiger partial charge on any atom is 0.257 e. The lowest BCUT2D eigenvalue weighted by atomic mass is 10.1. The summed E-state index contributed by atoms with van der Waals surface area (Å²) < 4.78 is 16.2. The van der Waals surface area contributed by atoms with Crippen molar-refractivity contribution in [2.75, 3.05) is 57.2 Å². The number of carbonyl (C=O) groups is 2. The third-order valence-corrected chi connectivity index (χ3v) is 6.66. The topological polar surface area (TPSA) is 92.4 Å². The molecule has 1 aliphatic heterocycles. The van der Waals surface area contributed by atoms with E-state index in [2.05, 4.69) is 15.5 Å². The molecule has 2 N–H and O–H groups in total. The Hall–Kier alpha value is -4.31. The molecule has 0 radical (unpaired) electrons. The van der Waals surface area contributed by atoms with Crippen molar-refractivity contribution in [1.82, 2.24) is 10.2 Å². The summed E-state index contributed by atoms with van der Waals surface area (Å²) in [4.78, 5) is 29.8. The van der Waals surface area contributed by atoms with E-state index < -0.39 is 0 Å². The molecular weight excluding hydrogens is 528 g/mol. The van der Waals surface area contributed by atoms with Crippen LogP contribution in [0.15, 0.2) is 66.7 Å². The number of amides is 2. The molecule has 9 nitrogen and oxygen atoms in total. The van der Waals surface area contributed by atoms with Crippen molar-refractivity contribution in [3.8, 4) is 17.2 Å². The number of methoxy groups -OCH3 is 2. The van der Waals surface area contributed by atoms with Crippen molar-refractivity contribution in [2.24, 2.45) is 0 Å². The molecular formula is C30H34N4O5S. The fraction of sp³-hybridized carbons (Fsp3) is 0.300. The zero-order valence-electron chi connectivity index (χ0n) is 22.9. The summed E-state index contributed by atoms with van der Waals surface area (Å²) in [6.45, 7) is 5.22. The van der Waals surface area contributed by atoms with Gasteiger partial charge in [0.2, 0.25) is 0 Å². The molecule has 1 fully saturated rings. The predicted octanol–water partition coefficient (Wildman–Crippen LogP) is 4.58. The highest BCUT2D eigenvalue weighted by Gasteiger charge is 2.23. The molecule has 3 aromatic carbocycles. The molecule has 2 amide bonds. The number of ether oxygens (including phenoxy) is 3. The SMILES string of the molecule is CCCOc1cccc(C(=O)NC(=S)Nc2ccc(N3CCN(C(=O)c4cc(OC)cc(OC)c4)CC3)cc2)c1. The van der Waals surface area contributed by atoms with Gasteiger partial charge in [0.15, 0.2) is 5.11 Å². The summed E-state index contributed by atoms with van der Waals surface area (Å²) in [6, 6.07) is 20.0. The van der Waals surface area contributed by atoms with Crippen LogP contribution >= 0.6 is 12.2 Å². The normalized spacial score (nSPS) is 12.9. The van der Waals surface area contributed by atoms with Crippen LogP contribution in [0.4, 0.5) is 11.4 Å². The van der Waals surface area contributed by atoms with Gasteiger partial charge >= 0.3 is 0 Å². The Balaban J connectivity index is 1.28. The molecule has 1 heterocycles. The maximum absolute atomic E-state index is 13.1. The Morgan fingerprint density at radius 1 is 0.850 bits per heavy atom. The Kier molecular flexibility index (Phi) is 9.80. The van der Waals surface area contributed by atoms with E-state index in [1.807, 2.05) is 42.2 Å². The molecule has 0 aliphatic carbocycles. The van der Waals surface area contributed by atoms with Gasteiger partial charge in [-0.25, -0.2) is 0 Å². The second kappa shape index (κ2) is 13.7. The number of carbonyl (C=O) groups excluding carboxylic acids is 2. The van der Waals surface area contributed by atoms with Gasteiger partial charge < -0.3 is 29.3 Å². The number of hydrogen-bond donors (Lipinski definition) is 2. The quantitative estimate of drug-likeness (QED) is 0.366. The van der Waals surface area contributed by atoms with Crippen molar-refractivity contribution >= 4 is 40.5 Å². The number of nitrogens with zero attached hydrogens (tertiary/aromatic N) is 2. The van der Waals surface area contributed by atoms with E-state index in [0.717, 1.165) is 17.8 Å². The minimum Gasteiger partial charge on any atom is -0.497 e. The van der Waals surface area contributed by atoms with E-state index in [1.165, 1.54) is 0 Å². The summed E-state index contributed by atoms with van der Waals surface area (Å²) in [5, 5.41) is 5.98. The van der Waals surface area contributed by atoms with Crippen molar-refractivity contribution in [2.45, 2.75) is 13.3 Å². The molecule has 40 heavy (non-hydrogen) atoms. The van der Waals surface area contributed by atoms with Crippen molar-refractivity contribution in [3.63, 3.8) is 0 Å². The van der Waals surface area contributed by atoms with Crippen LogP contribution in [0, 0.1) is 0 Å². The summed E-state index contributed by atoms with van der Waals surface area (Å²) in [5.41, 5.74) is 2.81.